The van der Waals surface area contributed by atoms with Gasteiger partial charge in [0.1, 0.15) is 5.82 Å². The van der Waals surface area contributed by atoms with Gasteiger partial charge in [-0.2, -0.15) is 0 Å². The number of rotatable bonds is 1. The van der Waals surface area contributed by atoms with E-state index in [0.717, 1.165) is 19.5 Å². The summed E-state index contributed by atoms with van der Waals surface area (Å²) in [7, 11) is 0. The van der Waals surface area contributed by atoms with E-state index in [1.807, 2.05) is 0 Å². The molecule has 1 saturated heterocycles. The van der Waals surface area contributed by atoms with Crippen LogP contribution in [0, 0.1) is 12.7 Å². The second kappa shape index (κ2) is 3.40. The van der Waals surface area contributed by atoms with Crippen LogP contribution >= 0.6 is 0 Å². The quantitative estimate of drug-likeness (QED) is 0.667. The summed E-state index contributed by atoms with van der Waals surface area (Å²) in [6.07, 6.45) is 1.03. The number of amides is 1. The molecule has 0 atom stereocenters. The van der Waals surface area contributed by atoms with Crippen molar-refractivity contribution < 1.29 is 9.18 Å². The Bertz CT molecular complexity index is 372. The van der Waals surface area contributed by atoms with Crippen molar-refractivity contribution >= 4 is 5.91 Å². The second-order valence-electron chi connectivity index (χ2n) is 3.58. The number of halogens is 1. The molecule has 0 N–H and O–H groups in total. The minimum absolute atomic E-state index is 0.183. The van der Waals surface area contributed by atoms with E-state index in [1.54, 1.807) is 30.0 Å². The van der Waals surface area contributed by atoms with E-state index < -0.39 is 0 Å². The van der Waals surface area contributed by atoms with E-state index in [2.05, 4.69) is 0 Å². The fourth-order valence-corrected chi connectivity index (χ4v) is 1.50. The van der Waals surface area contributed by atoms with E-state index in [9.17, 15) is 9.18 Å². The summed E-state index contributed by atoms with van der Waals surface area (Å²) in [6, 6.07) is 4.93. The van der Waals surface area contributed by atoms with Gasteiger partial charge in [0.2, 0.25) is 0 Å². The van der Waals surface area contributed by atoms with Crippen LogP contribution in [0.4, 0.5) is 4.39 Å². The molecule has 14 heavy (non-hydrogen) atoms. The van der Waals surface area contributed by atoms with Crippen molar-refractivity contribution in [3.05, 3.63) is 35.1 Å². The van der Waals surface area contributed by atoms with E-state index in [-0.39, 0.29) is 17.3 Å². The molecule has 1 aliphatic heterocycles. The molecule has 1 amide bonds. The first-order valence-electron chi connectivity index (χ1n) is 4.74. The maximum absolute atomic E-state index is 13.5. The molecule has 2 rings (SSSR count). The molecule has 0 aromatic heterocycles. The first-order valence-corrected chi connectivity index (χ1v) is 4.74. The zero-order valence-corrected chi connectivity index (χ0v) is 8.09. The summed E-state index contributed by atoms with van der Waals surface area (Å²) in [6.45, 7) is 3.18. The van der Waals surface area contributed by atoms with E-state index in [1.165, 1.54) is 0 Å². The van der Waals surface area contributed by atoms with Crippen molar-refractivity contribution in [3.63, 3.8) is 0 Å². The van der Waals surface area contributed by atoms with Crippen molar-refractivity contribution in [1.82, 2.24) is 4.90 Å². The Morgan fingerprint density at radius 2 is 2.14 bits per heavy atom. The minimum atomic E-state index is -0.385. The van der Waals surface area contributed by atoms with Crippen LogP contribution in [0.3, 0.4) is 0 Å². The zero-order chi connectivity index (χ0) is 10.1. The maximum atomic E-state index is 13.5. The number of benzene rings is 1. The van der Waals surface area contributed by atoms with Crippen LogP contribution in [0.15, 0.2) is 18.2 Å². The van der Waals surface area contributed by atoms with Gasteiger partial charge in [-0.3, -0.25) is 4.79 Å². The van der Waals surface area contributed by atoms with Gasteiger partial charge in [-0.05, 0) is 25.0 Å². The third-order valence-electron chi connectivity index (χ3n) is 2.57. The Morgan fingerprint density at radius 1 is 1.43 bits per heavy atom. The Kier molecular flexibility index (Phi) is 2.23. The van der Waals surface area contributed by atoms with Crippen molar-refractivity contribution in [3.8, 4) is 0 Å². The van der Waals surface area contributed by atoms with Crippen LogP contribution in [0.5, 0.6) is 0 Å². The number of nitrogens with zero attached hydrogens (tertiary/aromatic N) is 1. The predicted octanol–water partition coefficient (Wildman–Crippen LogP) is 1.98. The van der Waals surface area contributed by atoms with Gasteiger partial charge < -0.3 is 4.90 Å². The molecule has 1 heterocycles. The average Bonchev–Trinajstić information content (AvgIpc) is 2.06. The van der Waals surface area contributed by atoms with Crippen LogP contribution in [0.1, 0.15) is 22.3 Å². The highest BCUT2D eigenvalue weighted by molar-refractivity contribution is 5.95. The number of hydrogen-bond donors (Lipinski definition) is 0. The van der Waals surface area contributed by atoms with Crippen LogP contribution in [0.25, 0.3) is 0 Å². The van der Waals surface area contributed by atoms with Crippen molar-refractivity contribution in [2.75, 3.05) is 13.1 Å². The molecule has 74 valence electrons. The predicted molar refractivity (Wildman–Crippen MR) is 51.7 cm³/mol. The Morgan fingerprint density at radius 3 is 2.71 bits per heavy atom. The Hall–Kier alpha value is -1.38. The number of carbonyl (C=O) groups is 1. The molecule has 1 fully saturated rings. The summed E-state index contributed by atoms with van der Waals surface area (Å²) in [5.74, 6) is -0.568. The lowest BCUT2D eigenvalue weighted by molar-refractivity contribution is 0.0647. The molecule has 0 saturated carbocycles. The van der Waals surface area contributed by atoms with Crippen molar-refractivity contribution in [2.24, 2.45) is 0 Å². The average molecular weight is 193 g/mol. The molecule has 1 aromatic carbocycles. The molecule has 2 nitrogen and oxygen atoms in total. The molecule has 1 aliphatic rings. The molecule has 1 aromatic rings. The molecule has 3 heteroatoms. The van der Waals surface area contributed by atoms with E-state index in [4.69, 9.17) is 0 Å². The zero-order valence-electron chi connectivity index (χ0n) is 8.09. The molecule has 0 spiro atoms. The largest absolute Gasteiger partial charge is 0.338 e. The van der Waals surface area contributed by atoms with Gasteiger partial charge in [0, 0.05) is 13.1 Å². The summed E-state index contributed by atoms with van der Waals surface area (Å²) >= 11 is 0. The minimum Gasteiger partial charge on any atom is -0.338 e. The highest BCUT2D eigenvalue weighted by atomic mass is 19.1. The van der Waals surface area contributed by atoms with Crippen LogP contribution in [-0.2, 0) is 0 Å². The number of likely N-dealkylation sites (tertiary alicyclic amines) is 1. The molecule has 0 radical (unpaired) electrons. The smallest absolute Gasteiger partial charge is 0.256 e. The monoisotopic (exact) mass is 193 g/mol. The van der Waals surface area contributed by atoms with Crippen LogP contribution in [0.2, 0.25) is 0 Å². The molecule has 0 bridgehead atoms. The lowest BCUT2D eigenvalue weighted by atomic mass is 10.1. The third kappa shape index (κ3) is 1.39. The van der Waals surface area contributed by atoms with Gasteiger partial charge in [-0.15, -0.1) is 0 Å². The van der Waals surface area contributed by atoms with Gasteiger partial charge in [0.25, 0.3) is 5.91 Å². The standard InChI is InChI=1S/C11H12FNO/c1-8-4-2-5-9(10(8)12)11(14)13-6-3-7-13/h2,4-5H,3,6-7H2,1H3. The molecular formula is C11H12FNO. The van der Waals surface area contributed by atoms with Gasteiger partial charge in [0.05, 0.1) is 5.56 Å². The SMILES string of the molecule is Cc1cccc(C(=O)N2CCC2)c1F. The van der Waals surface area contributed by atoms with Gasteiger partial charge >= 0.3 is 0 Å². The Balaban J connectivity index is 2.31. The highest BCUT2D eigenvalue weighted by Gasteiger charge is 2.24. The first kappa shape index (κ1) is 9.19. The summed E-state index contributed by atoms with van der Waals surface area (Å²) in [5.41, 5.74) is 0.723. The maximum Gasteiger partial charge on any atom is 0.256 e. The second-order valence-corrected chi connectivity index (χ2v) is 3.58. The lowest BCUT2D eigenvalue weighted by Gasteiger charge is -2.31. The van der Waals surface area contributed by atoms with E-state index >= 15 is 0 Å². The van der Waals surface area contributed by atoms with Crippen molar-refractivity contribution in [2.45, 2.75) is 13.3 Å². The van der Waals surface area contributed by atoms with Gasteiger partial charge in [-0.25, -0.2) is 4.39 Å². The lowest BCUT2D eigenvalue weighted by Crippen LogP contribution is -2.42. The third-order valence-corrected chi connectivity index (χ3v) is 2.57. The fraction of sp³-hybridized carbons (Fsp3) is 0.364. The summed E-state index contributed by atoms with van der Waals surface area (Å²) < 4.78 is 13.5. The van der Waals surface area contributed by atoms with Crippen LogP contribution in [-0.4, -0.2) is 23.9 Å². The number of carbonyl (C=O) groups excluding carboxylic acids is 1. The Labute approximate surface area is 82.3 Å². The fourth-order valence-electron chi connectivity index (χ4n) is 1.50. The first-order chi connectivity index (χ1) is 6.70. The van der Waals surface area contributed by atoms with Crippen molar-refractivity contribution in [1.29, 1.82) is 0 Å². The topological polar surface area (TPSA) is 20.3 Å². The number of aryl methyl sites for hydroxylation is 1. The number of hydrogen-bond acceptors (Lipinski definition) is 1. The summed E-state index contributed by atoms with van der Waals surface area (Å²) in [5, 5.41) is 0. The van der Waals surface area contributed by atoms with Gasteiger partial charge in [0.15, 0.2) is 0 Å². The molecule has 0 aliphatic carbocycles. The van der Waals surface area contributed by atoms with Gasteiger partial charge in [-0.1, -0.05) is 12.1 Å². The molecular weight excluding hydrogens is 181 g/mol. The normalized spacial score (nSPS) is 15.1. The highest BCUT2D eigenvalue weighted by Crippen LogP contribution is 2.17. The van der Waals surface area contributed by atoms with E-state index in [0.29, 0.717) is 5.56 Å². The van der Waals surface area contributed by atoms with Crippen LogP contribution < -0.4 is 0 Å². The summed E-state index contributed by atoms with van der Waals surface area (Å²) in [4.78, 5) is 13.4. The molecule has 0 unspecified atom stereocenters.